The number of benzene rings is 12. The predicted octanol–water partition coefficient (Wildman–Crippen LogP) is 17.7. The topological polar surface area (TPSA) is 6.48 Å². The van der Waals surface area contributed by atoms with Crippen LogP contribution in [-0.2, 0) is 0 Å². The van der Waals surface area contributed by atoms with E-state index in [0.717, 1.165) is 39.7 Å². The Balaban J connectivity index is 0.907. The van der Waals surface area contributed by atoms with Crippen LogP contribution < -0.4 is 9.80 Å². The lowest BCUT2D eigenvalue weighted by molar-refractivity contribution is 1.30. The molecule has 0 aliphatic heterocycles. The average Bonchev–Trinajstić information content (AvgIpc) is 3.36. The van der Waals surface area contributed by atoms with Gasteiger partial charge in [0, 0.05) is 33.8 Å². The van der Waals surface area contributed by atoms with Crippen LogP contribution in [0.4, 0.5) is 34.1 Å². The summed E-state index contributed by atoms with van der Waals surface area (Å²) in [6.45, 7) is 0. The SMILES string of the molecule is C(=C\c1ccc(N(c2ccc3ccccc3c2)c2ccc3ccccc3c2)c2ccccc12)/c1ccc2cc(N(c3ccc4ccccc4c3)c3ccc4ccccc4c3)ccc2c1. The first-order valence-electron chi connectivity index (χ1n) is 22.0. The average molecular weight is 815 g/mol. The summed E-state index contributed by atoms with van der Waals surface area (Å²) in [7, 11) is 0. The molecule has 0 amide bonds. The maximum atomic E-state index is 2.41. The van der Waals surface area contributed by atoms with Gasteiger partial charge < -0.3 is 9.80 Å². The Kier molecular flexibility index (Phi) is 9.20. The van der Waals surface area contributed by atoms with E-state index in [2.05, 4.69) is 265 Å². The molecule has 0 aromatic heterocycles. The lowest BCUT2D eigenvalue weighted by atomic mass is 9.99. The van der Waals surface area contributed by atoms with Crippen molar-refractivity contribution in [1.29, 1.82) is 0 Å². The number of fused-ring (bicyclic) bond motifs is 6. The van der Waals surface area contributed by atoms with Crippen molar-refractivity contribution in [3.8, 4) is 0 Å². The van der Waals surface area contributed by atoms with Crippen molar-refractivity contribution in [3.63, 3.8) is 0 Å². The summed E-state index contributed by atoms with van der Waals surface area (Å²) in [5.41, 5.74) is 9.10. The summed E-state index contributed by atoms with van der Waals surface area (Å²) in [6, 6.07) is 88.4. The second-order valence-corrected chi connectivity index (χ2v) is 16.6. The Bertz CT molecular complexity index is 3610. The molecule has 0 saturated carbocycles. The minimum atomic E-state index is 1.12. The van der Waals surface area contributed by atoms with Crippen LogP contribution in [0.5, 0.6) is 0 Å². The van der Waals surface area contributed by atoms with Gasteiger partial charge in [-0.2, -0.15) is 0 Å². The highest BCUT2D eigenvalue weighted by Crippen LogP contribution is 2.43. The summed E-state index contributed by atoms with van der Waals surface area (Å²) in [5.74, 6) is 0. The van der Waals surface area contributed by atoms with E-state index in [1.807, 2.05) is 0 Å². The van der Waals surface area contributed by atoms with Gasteiger partial charge in [-0.05, 0) is 143 Å². The lowest BCUT2D eigenvalue weighted by Crippen LogP contribution is -2.10. The highest BCUT2D eigenvalue weighted by atomic mass is 15.1. The second kappa shape index (κ2) is 15.8. The van der Waals surface area contributed by atoms with E-state index < -0.39 is 0 Å². The molecule has 0 saturated heterocycles. The van der Waals surface area contributed by atoms with E-state index in [-0.39, 0.29) is 0 Å². The number of nitrogens with zero attached hydrogens (tertiary/aromatic N) is 2. The van der Waals surface area contributed by atoms with Gasteiger partial charge in [-0.15, -0.1) is 0 Å². The molecule has 0 atom stereocenters. The Hall–Kier alpha value is -8.46. The minimum Gasteiger partial charge on any atom is -0.310 e. The fraction of sp³-hybridized carbons (Fsp3) is 0. The smallest absolute Gasteiger partial charge is 0.0540 e. The molecule has 0 radical (unpaired) electrons. The monoisotopic (exact) mass is 814 g/mol. The summed E-state index contributed by atoms with van der Waals surface area (Å²) in [4.78, 5) is 4.79. The molecule has 0 bridgehead atoms. The van der Waals surface area contributed by atoms with Gasteiger partial charge in [-0.25, -0.2) is 0 Å². The van der Waals surface area contributed by atoms with Crippen LogP contribution in [0.15, 0.2) is 243 Å². The molecule has 64 heavy (non-hydrogen) atoms. The third kappa shape index (κ3) is 6.88. The largest absolute Gasteiger partial charge is 0.310 e. The molecule has 12 rings (SSSR count). The minimum absolute atomic E-state index is 1.12. The first kappa shape index (κ1) is 37.3. The van der Waals surface area contributed by atoms with Gasteiger partial charge in [0.05, 0.1) is 5.69 Å². The summed E-state index contributed by atoms with van der Waals surface area (Å²) < 4.78 is 0. The maximum absolute atomic E-state index is 2.41. The molecule has 0 unspecified atom stereocenters. The van der Waals surface area contributed by atoms with Crippen LogP contribution in [0.3, 0.4) is 0 Å². The van der Waals surface area contributed by atoms with Crippen LogP contribution in [-0.4, -0.2) is 0 Å². The lowest BCUT2D eigenvalue weighted by Gasteiger charge is -2.28. The molecular weight excluding hydrogens is 773 g/mol. The molecular formula is C62H42N2. The molecule has 0 aliphatic carbocycles. The van der Waals surface area contributed by atoms with E-state index in [1.165, 1.54) is 70.2 Å². The number of rotatable bonds is 8. The summed E-state index contributed by atoms with van der Waals surface area (Å²) in [5, 5.41) is 14.6. The highest BCUT2D eigenvalue weighted by molar-refractivity contribution is 6.05. The zero-order chi connectivity index (χ0) is 42.4. The highest BCUT2D eigenvalue weighted by Gasteiger charge is 2.18. The van der Waals surface area contributed by atoms with Gasteiger partial charge in [-0.3, -0.25) is 0 Å². The number of hydrogen-bond donors (Lipinski definition) is 0. The normalized spacial score (nSPS) is 11.7. The van der Waals surface area contributed by atoms with Gasteiger partial charge in [0.15, 0.2) is 0 Å². The van der Waals surface area contributed by atoms with Gasteiger partial charge in [0.2, 0.25) is 0 Å². The Morgan fingerprint density at radius 1 is 0.234 bits per heavy atom. The first-order chi connectivity index (χ1) is 31.7. The molecule has 0 heterocycles. The Morgan fingerprint density at radius 3 is 1.05 bits per heavy atom. The van der Waals surface area contributed by atoms with Crippen LogP contribution in [0.1, 0.15) is 11.1 Å². The van der Waals surface area contributed by atoms with Crippen LogP contribution >= 0.6 is 0 Å². The van der Waals surface area contributed by atoms with Crippen molar-refractivity contribution in [1.82, 2.24) is 0 Å². The van der Waals surface area contributed by atoms with E-state index in [4.69, 9.17) is 0 Å². The van der Waals surface area contributed by atoms with Gasteiger partial charge >= 0.3 is 0 Å². The van der Waals surface area contributed by atoms with Crippen molar-refractivity contribution in [2.45, 2.75) is 0 Å². The molecule has 2 heteroatoms. The molecule has 0 N–H and O–H groups in total. The quantitative estimate of drug-likeness (QED) is 0.141. The predicted molar refractivity (Wildman–Crippen MR) is 276 cm³/mol. The third-order valence-corrected chi connectivity index (χ3v) is 12.7. The van der Waals surface area contributed by atoms with Gasteiger partial charge in [-0.1, -0.05) is 182 Å². The molecule has 0 aliphatic rings. The van der Waals surface area contributed by atoms with Crippen molar-refractivity contribution >= 4 is 111 Å². The molecule has 0 spiro atoms. The second-order valence-electron chi connectivity index (χ2n) is 16.6. The van der Waals surface area contributed by atoms with Crippen molar-refractivity contribution in [3.05, 3.63) is 254 Å². The maximum Gasteiger partial charge on any atom is 0.0540 e. The van der Waals surface area contributed by atoms with Crippen LogP contribution in [0.2, 0.25) is 0 Å². The fourth-order valence-corrected chi connectivity index (χ4v) is 9.46. The number of hydrogen-bond acceptors (Lipinski definition) is 2. The third-order valence-electron chi connectivity index (χ3n) is 12.7. The van der Waals surface area contributed by atoms with Gasteiger partial charge in [0.25, 0.3) is 0 Å². The Labute approximate surface area is 372 Å². The van der Waals surface area contributed by atoms with Gasteiger partial charge in [0.1, 0.15) is 0 Å². The summed E-state index contributed by atoms with van der Waals surface area (Å²) in [6.07, 6.45) is 4.51. The van der Waals surface area contributed by atoms with E-state index >= 15 is 0 Å². The molecule has 2 nitrogen and oxygen atoms in total. The Morgan fingerprint density at radius 2 is 0.578 bits per heavy atom. The van der Waals surface area contributed by atoms with E-state index in [1.54, 1.807) is 0 Å². The van der Waals surface area contributed by atoms with E-state index in [0.29, 0.717) is 0 Å². The summed E-state index contributed by atoms with van der Waals surface area (Å²) >= 11 is 0. The molecule has 12 aromatic carbocycles. The molecule has 12 aromatic rings. The molecule has 0 fully saturated rings. The van der Waals surface area contributed by atoms with Crippen molar-refractivity contribution < 1.29 is 0 Å². The standard InChI is InChI=1S/C62H42N2/c1-5-15-49-38-55(31-25-44(49)11-1)63(56-32-26-45-12-2-6-16-50(45)39-56)57-35-29-53-37-43(22-24-54(53)42-57)21-23-48-30-36-62(61-20-10-9-19-60(48)61)64(58-33-27-46-13-3-7-17-51(46)40-58)59-34-28-47-14-4-8-18-52(47)41-59/h1-42H/b23-21+. The molecule has 300 valence electrons. The van der Waals surface area contributed by atoms with Crippen LogP contribution in [0, 0.1) is 0 Å². The zero-order valence-electron chi connectivity index (χ0n) is 35.1. The van der Waals surface area contributed by atoms with Crippen molar-refractivity contribution in [2.75, 3.05) is 9.80 Å². The number of anilines is 6. The van der Waals surface area contributed by atoms with Crippen LogP contribution in [0.25, 0.3) is 76.8 Å². The zero-order valence-corrected chi connectivity index (χ0v) is 35.1. The van der Waals surface area contributed by atoms with E-state index in [9.17, 15) is 0 Å². The first-order valence-corrected chi connectivity index (χ1v) is 22.0. The fourth-order valence-electron chi connectivity index (χ4n) is 9.46. The van der Waals surface area contributed by atoms with Crippen molar-refractivity contribution in [2.24, 2.45) is 0 Å².